The highest BCUT2D eigenvalue weighted by Crippen LogP contribution is 2.35. The summed E-state index contributed by atoms with van der Waals surface area (Å²) in [4.78, 5) is 14.5. The third-order valence-corrected chi connectivity index (χ3v) is 5.36. The molecule has 2 aromatic rings. The van der Waals surface area contributed by atoms with Crippen molar-refractivity contribution in [3.8, 4) is 0 Å². The Morgan fingerprint density at radius 3 is 2.88 bits per heavy atom. The van der Waals surface area contributed by atoms with Crippen LogP contribution in [-0.4, -0.2) is 27.6 Å². The first-order chi connectivity index (χ1) is 12.4. The Morgan fingerprint density at radius 1 is 1.42 bits per heavy atom. The molecule has 0 saturated carbocycles. The van der Waals surface area contributed by atoms with E-state index in [1.165, 1.54) is 11.1 Å². The summed E-state index contributed by atoms with van der Waals surface area (Å²) in [6.45, 7) is 6.94. The van der Waals surface area contributed by atoms with Gasteiger partial charge in [-0.3, -0.25) is 9.48 Å². The molecule has 1 aliphatic rings. The van der Waals surface area contributed by atoms with Crippen molar-refractivity contribution in [3.63, 3.8) is 0 Å². The van der Waals surface area contributed by atoms with Gasteiger partial charge in [0.1, 0.15) is 5.15 Å². The number of aromatic nitrogens is 2. The number of aryl methyl sites for hydroxylation is 2. The molecule has 0 bridgehead atoms. The van der Waals surface area contributed by atoms with Gasteiger partial charge in [0.25, 0.3) is 0 Å². The summed E-state index contributed by atoms with van der Waals surface area (Å²) < 4.78 is 1.81. The molecule has 138 valence electrons. The van der Waals surface area contributed by atoms with Gasteiger partial charge in [0, 0.05) is 25.2 Å². The molecule has 26 heavy (non-hydrogen) atoms. The van der Waals surface area contributed by atoms with Crippen molar-refractivity contribution in [3.05, 3.63) is 57.9 Å². The molecule has 4 nitrogen and oxygen atoms in total. The average molecular weight is 372 g/mol. The van der Waals surface area contributed by atoms with Crippen LogP contribution < -0.4 is 0 Å². The maximum absolute atomic E-state index is 12.7. The minimum atomic E-state index is -0.0150. The number of carbonyl (C=O) groups is 1. The number of nitrogens with zero attached hydrogens (tertiary/aromatic N) is 3. The molecule has 0 spiro atoms. The fourth-order valence-corrected chi connectivity index (χ4v) is 3.89. The third-order valence-electron chi connectivity index (χ3n) is 4.96. The molecule has 1 atom stereocenters. The Labute approximate surface area is 160 Å². The molecule has 0 saturated heterocycles. The van der Waals surface area contributed by atoms with E-state index in [1.54, 1.807) is 12.2 Å². The molecule has 1 aromatic carbocycles. The number of rotatable bonds is 5. The number of benzene rings is 1. The zero-order valence-electron chi connectivity index (χ0n) is 15.9. The van der Waals surface area contributed by atoms with Crippen molar-refractivity contribution in [2.24, 2.45) is 5.92 Å². The maximum Gasteiger partial charge on any atom is 0.246 e. The summed E-state index contributed by atoms with van der Waals surface area (Å²) in [5.74, 6) is 0.442. The molecule has 0 N–H and O–H groups in total. The molecule has 5 heteroatoms. The van der Waals surface area contributed by atoms with Crippen LogP contribution in [0.5, 0.6) is 0 Å². The Morgan fingerprint density at radius 2 is 2.15 bits per heavy atom. The molecule has 1 aliphatic carbocycles. The van der Waals surface area contributed by atoms with Crippen molar-refractivity contribution in [1.29, 1.82) is 0 Å². The van der Waals surface area contributed by atoms with E-state index in [9.17, 15) is 4.79 Å². The molecule has 0 aliphatic heterocycles. The molecule has 1 heterocycles. The fraction of sp³-hybridized carbons (Fsp3) is 0.429. The van der Waals surface area contributed by atoms with Crippen LogP contribution in [0.3, 0.4) is 0 Å². The zero-order valence-corrected chi connectivity index (χ0v) is 16.6. The first-order valence-corrected chi connectivity index (χ1v) is 9.51. The first-order valence-electron chi connectivity index (χ1n) is 9.14. The lowest BCUT2D eigenvalue weighted by Crippen LogP contribution is -2.28. The van der Waals surface area contributed by atoms with E-state index < -0.39 is 0 Å². The maximum atomic E-state index is 12.7. The molecule has 0 radical (unpaired) electrons. The lowest BCUT2D eigenvalue weighted by Gasteiger charge is -2.24. The quantitative estimate of drug-likeness (QED) is 0.717. The van der Waals surface area contributed by atoms with Gasteiger partial charge in [-0.1, -0.05) is 49.7 Å². The largest absolute Gasteiger partial charge is 0.335 e. The summed E-state index contributed by atoms with van der Waals surface area (Å²) in [5.41, 5.74) is 4.26. The van der Waals surface area contributed by atoms with Gasteiger partial charge in [-0.2, -0.15) is 5.10 Å². The van der Waals surface area contributed by atoms with Crippen molar-refractivity contribution >= 4 is 23.6 Å². The highest BCUT2D eigenvalue weighted by atomic mass is 35.5. The van der Waals surface area contributed by atoms with Gasteiger partial charge in [0.15, 0.2) is 0 Å². The predicted molar refractivity (Wildman–Crippen MR) is 106 cm³/mol. The Kier molecular flexibility index (Phi) is 5.52. The Bertz CT molecular complexity index is 838. The number of hydrogen-bond acceptors (Lipinski definition) is 2. The third kappa shape index (κ3) is 3.70. The second kappa shape index (κ2) is 7.67. The van der Waals surface area contributed by atoms with E-state index in [1.807, 2.05) is 29.6 Å². The Hall–Kier alpha value is -2.07. The number of carbonyl (C=O) groups excluding carboxylic acids is 1. The van der Waals surface area contributed by atoms with Gasteiger partial charge in [0.2, 0.25) is 5.91 Å². The lowest BCUT2D eigenvalue weighted by molar-refractivity contribution is -0.126. The molecule has 3 rings (SSSR count). The normalized spacial score (nSPS) is 16.5. The molecule has 0 fully saturated rings. The molecular weight excluding hydrogens is 346 g/mol. The first kappa shape index (κ1) is 18.7. The van der Waals surface area contributed by atoms with E-state index in [0.717, 1.165) is 30.6 Å². The van der Waals surface area contributed by atoms with Crippen LogP contribution in [0, 0.1) is 12.8 Å². The summed E-state index contributed by atoms with van der Waals surface area (Å²) in [7, 11) is 1.87. The molecule has 1 amide bonds. The number of fused-ring (bicyclic) bond motifs is 1. The average Bonchev–Trinajstić information content (AvgIpc) is 3.14. The minimum absolute atomic E-state index is 0.0150. The molecule has 1 unspecified atom stereocenters. The van der Waals surface area contributed by atoms with Crippen molar-refractivity contribution < 1.29 is 4.79 Å². The van der Waals surface area contributed by atoms with E-state index in [0.29, 0.717) is 11.1 Å². The summed E-state index contributed by atoms with van der Waals surface area (Å²) >= 11 is 6.46. The van der Waals surface area contributed by atoms with Gasteiger partial charge in [0.05, 0.1) is 11.7 Å². The van der Waals surface area contributed by atoms with E-state index in [2.05, 4.69) is 37.1 Å². The van der Waals surface area contributed by atoms with Gasteiger partial charge in [-0.05, 0) is 42.9 Å². The Balaban J connectivity index is 1.75. The van der Waals surface area contributed by atoms with Crippen LogP contribution in [-0.2, 0) is 17.8 Å². The number of likely N-dealkylation sites (N-methyl/N-ethyl adjacent to an activating group) is 1. The molecular formula is C21H26ClN3O. The van der Waals surface area contributed by atoms with Crippen LogP contribution in [0.15, 0.2) is 30.3 Å². The molecule has 1 aromatic heterocycles. The van der Waals surface area contributed by atoms with Crippen LogP contribution in [0.2, 0.25) is 5.15 Å². The summed E-state index contributed by atoms with van der Waals surface area (Å²) in [6, 6.07) is 8.51. The van der Waals surface area contributed by atoms with E-state index in [4.69, 9.17) is 11.6 Å². The van der Waals surface area contributed by atoms with Crippen LogP contribution in [0.4, 0.5) is 0 Å². The van der Waals surface area contributed by atoms with Gasteiger partial charge >= 0.3 is 0 Å². The fourth-order valence-electron chi connectivity index (χ4n) is 3.59. The summed E-state index contributed by atoms with van der Waals surface area (Å²) in [5, 5.41) is 5.08. The van der Waals surface area contributed by atoms with Crippen molar-refractivity contribution in [2.45, 2.75) is 46.2 Å². The highest BCUT2D eigenvalue weighted by Gasteiger charge is 2.27. The monoisotopic (exact) mass is 371 g/mol. The van der Waals surface area contributed by atoms with Crippen LogP contribution in [0.25, 0.3) is 6.08 Å². The lowest BCUT2D eigenvalue weighted by atomic mass is 10.1. The van der Waals surface area contributed by atoms with Gasteiger partial charge < -0.3 is 4.90 Å². The van der Waals surface area contributed by atoms with Gasteiger partial charge in [-0.25, -0.2) is 0 Å². The van der Waals surface area contributed by atoms with Gasteiger partial charge in [-0.15, -0.1) is 0 Å². The number of hydrogen-bond donors (Lipinski definition) is 0. The topological polar surface area (TPSA) is 38.1 Å². The minimum Gasteiger partial charge on any atom is -0.335 e. The SMILES string of the molecule is Cc1nn(CC(C)C)c(Cl)c1/C=C/C(=O)N(C)C1CCc2ccccc21. The number of amides is 1. The van der Waals surface area contributed by atoms with Crippen LogP contribution >= 0.6 is 11.6 Å². The standard InChI is InChI=1S/C21H26ClN3O/c1-14(2)13-25-21(22)17(15(3)23-25)10-12-20(26)24(4)19-11-9-16-7-5-6-8-18(16)19/h5-8,10,12,14,19H,9,11,13H2,1-4H3/b12-10+. The predicted octanol–water partition coefficient (Wildman–Crippen LogP) is 4.66. The van der Waals surface area contributed by atoms with Crippen molar-refractivity contribution in [2.75, 3.05) is 7.05 Å². The summed E-state index contributed by atoms with van der Waals surface area (Å²) in [6.07, 6.45) is 5.40. The number of halogens is 1. The zero-order chi connectivity index (χ0) is 18.8. The highest BCUT2D eigenvalue weighted by molar-refractivity contribution is 6.31. The van der Waals surface area contributed by atoms with E-state index >= 15 is 0 Å². The van der Waals surface area contributed by atoms with Crippen LogP contribution in [0.1, 0.15) is 48.7 Å². The second-order valence-corrected chi connectivity index (χ2v) is 7.76. The second-order valence-electron chi connectivity index (χ2n) is 7.40. The smallest absolute Gasteiger partial charge is 0.246 e. The van der Waals surface area contributed by atoms with E-state index in [-0.39, 0.29) is 11.9 Å². The van der Waals surface area contributed by atoms with Crippen molar-refractivity contribution in [1.82, 2.24) is 14.7 Å².